The third-order valence-corrected chi connectivity index (χ3v) is 3.05. The van der Waals surface area contributed by atoms with Crippen LogP contribution in [-0.2, 0) is 0 Å². The molecule has 16 heavy (non-hydrogen) atoms. The van der Waals surface area contributed by atoms with Crippen molar-refractivity contribution in [3.63, 3.8) is 0 Å². The summed E-state index contributed by atoms with van der Waals surface area (Å²) in [5, 5.41) is 7.51. The molecule has 0 aromatic carbocycles. The van der Waals surface area contributed by atoms with Gasteiger partial charge in [0.25, 0.3) is 0 Å². The maximum Gasteiger partial charge on any atom is 0.158 e. The van der Waals surface area contributed by atoms with Gasteiger partial charge < -0.3 is 10.6 Å². The smallest absolute Gasteiger partial charge is 0.158 e. The molecule has 1 aromatic heterocycles. The van der Waals surface area contributed by atoms with Gasteiger partial charge in [0.2, 0.25) is 0 Å². The van der Waals surface area contributed by atoms with Gasteiger partial charge >= 0.3 is 0 Å². The summed E-state index contributed by atoms with van der Waals surface area (Å²) < 4.78 is 0. The van der Waals surface area contributed by atoms with E-state index in [1.807, 2.05) is 0 Å². The Morgan fingerprint density at radius 2 is 2.31 bits per heavy atom. The van der Waals surface area contributed by atoms with Gasteiger partial charge in [-0.1, -0.05) is 6.92 Å². The van der Waals surface area contributed by atoms with Crippen LogP contribution in [0.5, 0.6) is 0 Å². The number of aromatic nitrogens is 2. The highest BCUT2D eigenvalue weighted by atomic mass is 15.2. The van der Waals surface area contributed by atoms with E-state index in [2.05, 4.69) is 21.8 Å². The Morgan fingerprint density at radius 3 is 3.00 bits per heavy atom. The maximum absolute atomic E-state index is 7.51. The minimum absolute atomic E-state index is 0.00940. The van der Waals surface area contributed by atoms with Crippen LogP contribution in [0.25, 0.3) is 0 Å². The molecule has 0 bridgehead atoms. The normalized spacial score (nSPS) is 20.1. The third-order valence-electron chi connectivity index (χ3n) is 3.05. The molecule has 86 valence electrons. The number of nitrogen functional groups attached to an aromatic ring is 1. The fourth-order valence-corrected chi connectivity index (χ4v) is 2.27. The van der Waals surface area contributed by atoms with Crippen LogP contribution in [0.4, 0.5) is 5.82 Å². The van der Waals surface area contributed by atoms with Crippen LogP contribution in [0, 0.1) is 5.41 Å². The fraction of sp³-hybridized carbons (Fsp3) is 0.545. The second-order valence-electron chi connectivity index (χ2n) is 4.04. The zero-order valence-corrected chi connectivity index (χ0v) is 9.48. The van der Waals surface area contributed by atoms with Crippen molar-refractivity contribution in [1.29, 1.82) is 5.41 Å². The Labute approximate surface area is 95.2 Å². The molecule has 1 unspecified atom stereocenters. The largest absolute Gasteiger partial charge is 0.382 e. The molecule has 0 amide bonds. The Bertz CT molecular complexity index is 390. The lowest BCUT2D eigenvalue weighted by atomic mass is 10.1. The molecular formula is C11H17N5. The fourth-order valence-electron chi connectivity index (χ4n) is 2.27. The van der Waals surface area contributed by atoms with Crippen LogP contribution in [-0.4, -0.2) is 28.4 Å². The van der Waals surface area contributed by atoms with E-state index in [4.69, 9.17) is 11.1 Å². The molecule has 1 saturated heterocycles. The molecule has 5 nitrogen and oxygen atoms in total. The summed E-state index contributed by atoms with van der Waals surface area (Å²) in [5.41, 5.74) is 6.03. The van der Waals surface area contributed by atoms with Gasteiger partial charge in [-0.05, 0) is 19.3 Å². The summed E-state index contributed by atoms with van der Waals surface area (Å²) in [5.74, 6) is 0.754. The van der Waals surface area contributed by atoms with Crippen molar-refractivity contribution in [3.8, 4) is 0 Å². The van der Waals surface area contributed by atoms with E-state index in [-0.39, 0.29) is 5.84 Å². The number of anilines is 1. The second kappa shape index (κ2) is 4.47. The summed E-state index contributed by atoms with van der Waals surface area (Å²) in [4.78, 5) is 10.7. The number of nitrogens with two attached hydrogens (primary N) is 1. The van der Waals surface area contributed by atoms with Gasteiger partial charge in [0.1, 0.15) is 11.5 Å². The van der Waals surface area contributed by atoms with Gasteiger partial charge in [0, 0.05) is 25.0 Å². The van der Waals surface area contributed by atoms with Gasteiger partial charge in [-0.3, -0.25) is 5.41 Å². The molecule has 0 aliphatic carbocycles. The van der Waals surface area contributed by atoms with Gasteiger partial charge in [-0.25, -0.2) is 9.97 Å². The summed E-state index contributed by atoms with van der Waals surface area (Å²) >= 11 is 0. The van der Waals surface area contributed by atoms with Crippen LogP contribution in [0.1, 0.15) is 31.9 Å². The first-order chi connectivity index (χ1) is 7.74. The molecule has 1 aliphatic heterocycles. The number of rotatable bonds is 3. The predicted octanol–water partition coefficient (Wildman–Crippen LogP) is 1.14. The summed E-state index contributed by atoms with van der Waals surface area (Å²) in [6.45, 7) is 3.16. The molecule has 1 fully saturated rings. The highest BCUT2D eigenvalue weighted by Crippen LogP contribution is 2.26. The van der Waals surface area contributed by atoms with Crippen LogP contribution in [0.15, 0.2) is 12.4 Å². The quantitative estimate of drug-likeness (QED) is 0.590. The highest BCUT2D eigenvalue weighted by molar-refractivity contribution is 5.97. The van der Waals surface area contributed by atoms with Gasteiger partial charge in [0.15, 0.2) is 5.82 Å². The summed E-state index contributed by atoms with van der Waals surface area (Å²) in [6.07, 6.45) is 6.69. The molecule has 5 heteroatoms. The molecule has 0 saturated carbocycles. The summed E-state index contributed by atoms with van der Waals surface area (Å²) in [6, 6.07) is 0.509. The lowest BCUT2D eigenvalue weighted by molar-refractivity contribution is 0.639. The molecule has 3 N–H and O–H groups in total. The predicted molar refractivity (Wildman–Crippen MR) is 63.7 cm³/mol. The molecular weight excluding hydrogens is 202 g/mol. The third kappa shape index (κ3) is 1.85. The molecule has 1 aliphatic rings. The zero-order chi connectivity index (χ0) is 11.5. The highest BCUT2D eigenvalue weighted by Gasteiger charge is 2.26. The van der Waals surface area contributed by atoms with Gasteiger partial charge in [-0.15, -0.1) is 0 Å². The number of hydrogen-bond acceptors (Lipinski definition) is 4. The summed E-state index contributed by atoms with van der Waals surface area (Å²) in [7, 11) is 0. The van der Waals surface area contributed by atoms with Crippen molar-refractivity contribution in [1.82, 2.24) is 9.97 Å². The Morgan fingerprint density at radius 1 is 1.56 bits per heavy atom. The molecule has 2 heterocycles. The Hall–Kier alpha value is -1.65. The SMILES string of the molecule is CCC1CCCN1c1nccnc1C(=N)N. The van der Waals surface area contributed by atoms with E-state index in [1.165, 1.54) is 12.8 Å². The minimum atomic E-state index is -0.00940. The number of nitrogens with zero attached hydrogens (tertiary/aromatic N) is 3. The first-order valence-electron chi connectivity index (χ1n) is 5.66. The standard InChI is InChI=1S/C11H17N5/c1-2-8-4-3-7-16(8)11-9(10(12)13)14-5-6-15-11/h5-6,8H,2-4,7H2,1H3,(H3,12,13). The van der Waals surface area contributed by atoms with E-state index in [0.717, 1.165) is 18.8 Å². The lowest BCUT2D eigenvalue weighted by Gasteiger charge is -2.25. The first-order valence-corrected chi connectivity index (χ1v) is 5.66. The zero-order valence-electron chi connectivity index (χ0n) is 9.48. The van der Waals surface area contributed by atoms with Crippen LogP contribution >= 0.6 is 0 Å². The van der Waals surface area contributed by atoms with E-state index >= 15 is 0 Å². The molecule has 0 radical (unpaired) electrons. The average molecular weight is 219 g/mol. The van der Waals surface area contributed by atoms with Crippen molar-refractivity contribution in [2.45, 2.75) is 32.2 Å². The van der Waals surface area contributed by atoms with E-state index < -0.39 is 0 Å². The topological polar surface area (TPSA) is 78.9 Å². The molecule has 0 spiro atoms. The Balaban J connectivity index is 2.35. The molecule has 2 rings (SSSR count). The second-order valence-corrected chi connectivity index (χ2v) is 4.04. The van der Waals surface area contributed by atoms with Crippen LogP contribution < -0.4 is 10.6 Å². The minimum Gasteiger partial charge on any atom is -0.382 e. The van der Waals surface area contributed by atoms with Gasteiger partial charge in [0.05, 0.1) is 0 Å². The van der Waals surface area contributed by atoms with Crippen LogP contribution in [0.3, 0.4) is 0 Å². The van der Waals surface area contributed by atoms with Crippen molar-refractivity contribution >= 4 is 11.7 Å². The number of amidine groups is 1. The first kappa shape index (κ1) is 10.9. The lowest BCUT2D eigenvalue weighted by Crippen LogP contribution is -2.32. The maximum atomic E-state index is 7.51. The van der Waals surface area contributed by atoms with E-state index in [0.29, 0.717) is 11.7 Å². The van der Waals surface area contributed by atoms with E-state index in [1.54, 1.807) is 12.4 Å². The molecule has 1 aromatic rings. The van der Waals surface area contributed by atoms with Gasteiger partial charge in [-0.2, -0.15) is 0 Å². The monoisotopic (exact) mass is 219 g/mol. The van der Waals surface area contributed by atoms with E-state index in [9.17, 15) is 0 Å². The van der Waals surface area contributed by atoms with Crippen molar-refractivity contribution in [2.24, 2.45) is 5.73 Å². The van der Waals surface area contributed by atoms with Crippen molar-refractivity contribution in [2.75, 3.05) is 11.4 Å². The van der Waals surface area contributed by atoms with Crippen molar-refractivity contribution < 1.29 is 0 Å². The number of nitrogens with one attached hydrogen (secondary N) is 1. The number of hydrogen-bond donors (Lipinski definition) is 2. The van der Waals surface area contributed by atoms with Crippen molar-refractivity contribution in [3.05, 3.63) is 18.1 Å². The average Bonchev–Trinajstić information content (AvgIpc) is 2.76. The molecule has 1 atom stereocenters. The Kier molecular flexibility index (Phi) is 3.03. The van der Waals surface area contributed by atoms with Crippen LogP contribution in [0.2, 0.25) is 0 Å².